The summed E-state index contributed by atoms with van der Waals surface area (Å²) < 4.78 is 13.3. The standard InChI is InChI=1S/C29H31FN8O2/c30-22-5-3-20(4-6-22)29(40)38-15-13-37(14-16-38)28-25(33-27(39)19-36-11-1-2-12-36)9-10-26(34-28)32-23-7-8-24-21(17-23)18-31-35-24/h3-10,17-18H,1-2,11-16,19H2,(H,31,35)(H,32,34)(H,33,39). The first-order chi connectivity index (χ1) is 19.5. The predicted octanol–water partition coefficient (Wildman–Crippen LogP) is 3.84. The number of carbonyl (C=O) groups excluding carboxylic acids is 2. The van der Waals surface area contributed by atoms with Crippen molar-refractivity contribution in [3.63, 3.8) is 0 Å². The summed E-state index contributed by atoms with van der Waals surface area (Å²) in [5.41, 5.74) is 2.91. The number of aromatic nitrogens is 3. The maximum atomic E-state index is 13.3. The molecule has 2 aliphatic rings. The molecule has 0 unspecified atom stereocenters. The van der Waals surface area contributed by atoms with Gasteiger partial charge < -0.3 is 20.4 Å². The zero-order valence-corrected chi connectivity index (χ0v) is 22.1. The number of nitrogens with one attached hydrogen (secondary N) is 3. The van der Waals surface area contributed by atoms with Crippen molar-refractivity contribution in [3.05, 3.63) is 72.2 Å². The van der Waals surface area contributed by atoms with Crippen molar-refractivity contribution in [2.24, 2.45) is 0 Å². The van der Waals surface area contributed by atoms with Gasteiger partial charge in [0, 0.05) is 42.8 Å². The molecule has 0 saturated carbocycles. The maximum absolute atomic E-state index is 13.3. The van der Waals surface area contributed by atoms with E-state index in [9.17, 15) is 14.0 Å². The first-order valence-electron chi connectivity index (χ1n) is 13.5. The molecule has 206 valence electrons. The molecule has 2 aliphatic heterocycles. The highest BCUT2D eigenvalue weighted by Crippen LogP contribution is 2.29. The van der Waals surface area contributed by atoms with Crippen molar-refractivity contribution in [3.8, 4) is 0 Å². The topological polar surface area (TPSA) is 109 Å². The minimum Gasteiger partial charge on any atom is -0.351 e. The van der Waals surface area contributed by atoms with Crippen LogP contribution >= 0.6 is 0 Å². The highest BCUT2D eigenvalue weighted by atomic mass is 19.1. The van der Waals surface area contributed by atoms with Crippen LogP contribution in [0, 0.1) is 5.82 Å². The molecule has 2 aromatic carbocycles. The Balaban J connectivity index is 1.20. The Kier molecular flexibility index (Phi) is 7.28. The molecule has 2 aromatic heterocycles. The van der Waals surface area contributed by atoms with Gasteiger partial charge in [0.05, 0.1) is 23.9 Å². The molecule has 0 spiro atoms. The lowest BCUT2D eigenvalue weighted by Crippen LogP contribution is -2.49. The van der Waals surface area contributed by atoms with Crippen LogP contribution in [0.25, 0.3) is 10.9 Å². The van der Waals surface area contributed by atoms with E-state index in [2.05, 4.69) is 30.6 Å². The Bertz CT molecular complexity index is 1510. The summed E-state index contributed by atoms with van der Waals surface area (Å²) in [6, 6.07) is 15.2. The largest absolute Gasteiger partial charge is 0.351 e. The summed E-state index contributed by atoms with van der Waals surface area (Å²) in [7, 11) is 0. The van der Waals surface area contributed by atoms with Gasteiger partial charge in [-0.25, -0.2) is 9.37 Å². The zero-order chi connectivity index (χ0) is 27.5. The second-order valence-electron chi connectivity index (χ2n) is 10.2. The number of carbonyl (C=O) groups is 2. The van der Waals surface area contributed by atoms with Crippen molar-refractivity contribution in [2.75, 3.05) is 61.3 Å². The monoisotopic (exact) mass is 542 g/mol. The van der Waals surface area contributed by atoms with Crippen LogP contribution in [0.15, 0.2) is 60.8 Å². The van der Waals surface area contributed by atoms with Crippen LogP contribution in [0.2, 0.25) is 0 Å². The van der Waals surface area contributed by atoms with Gasteiger partial charge in [-0.2, -0.15) is 5.10 Å². The number of aromatic amines is 1. The number of likely N-dealkylation sites (tertiary alicyclic amines) is 1. The number of benzene rings is 2. The number of pyridine rings is 1. The highest BCUT2D eigenvalue weighted by molar-refractivity contribution is 5.96. The molecule has 0 bridgehead atoms. The lowest BCUT2D eigenvalue weighted by molar-refractivity contribution is -0.117. The Morgan fingerprint density at radius 3 is 2.48 bits per heavy atom. The average molecular weight is 543 g/mol. The van der Waals surface area contributed by atoms with Crippen molar-refractivity contribution in [1.29, 1.82) is 0 Å². The Labute approximate surface area is 231 Å². The molecule has 4 heterocycles. The molecule has 6 rings (SSSR count). The fourth-order valence-electron chi connectivity index (χ4n) is 5.25. The molecule has 40 heavy (non-hydrogen) atoms. The van der Waals surface area contributed by atoms with Crippen LogP contribution in [0.3, 0.4) is 0 Å². The second-order valence-corrected chi connectivity index (χ2v) is 10.2. The van der Waals surface area contributed by atoms with Crippen molar-refractivity contribution < 1.29 is 14.0 Å². The number of anilines is 4. The predicted molar refractivity (Wildman–Crippen MR) is 152 cm³/mol. The molecule has 0 radical (unpaired) electrons. The lowest BCUT2D eigenvalue weighted by atomic mass is 10.1. The Morgan fingerprint density at radius 2 is 1.70 bits per heavy atom. The number of H-pyrrole nitrogens is 1. The van der Waals surface area contributed by atoms with Crippen molar-refractivity contribution in [2.45, 2.75) is 12.8 Å². The fourth-order valence-corrected chi connectivity index (χ4v) is 5.25. The van der Waals surface area contributed by atoms with E-state index in [1.807, 2.05) is 30.3 Å². The Hall–Kier alpha value is -4.51. The zero-order valence-electron chi connectivity index (χ0n) is 22.1. The molecular formula is C29H31FN8O2. The number of halogens is 1. The smallest absolute Gasteiger partial charge is 0.253 e. The summed E-state index contributed by atoms with van der Waals surface area (Å²) in [6.07, 6.45) is 4.00. The van der Waals surface area contributed by atoms with E-state index in [0.717, 1.165) is 42.5 Å². The number of fused-ring (bicyclic) bond motifs is 1. The van der Waals surface area contributed by atoms with Crippen LogP contribution in [0.4, 0.5) is 27.4 Å². The maximum Gasteiger partial charge on any atom is 0.253 e. The summed E-state index contributed by atoms with van der Waals surface area (Å²) in [5, 5.41) is 14.4. The average Bonchev–Trinajstić information content (AvgIpc) is 3.66. The van der Waals surface area contributed by atoms with E-state index in [0.29, 0.717) is 55.6 Å². The minimum absolute atomic E-state index is 0.0683. The third kappa shape index (κ3) is 5.74. The van der Waals surface area contributed by atoms with Gasteiger partial charge in [-0.3, -0.25) is 19.6 Å². The summed E-state index contributed by atoms with van der Waals surface area (Å²) >= 11 is 0. The summed E-state index contributed by atoms with van der Waals surface area (Å²) in [4.78, 5) is 36.8. The normalized spacial score (nSPS) is 15.9. The first kappa shape index (κ1) is 25.8. The number of hydrogen-bond donors (Lipinski definition) is 3. The third-order valence-corrected chi connectivity index (χ3v) is 7.39. The van der Waals surface area contributed by atoms with Gasteiger partial charge in [0.2, 0.25) is 5.91 Å². The first-order valence-corrected chi connectivity index (χ1v) is 13.5. The van der Waals surface area contributed by atoms with E-state index >= 15 is 0 Å². The van der Waals surface area contributed by atoms with E-state index < -0.39 is 0 Å². The molecule has 11 heteroatoms. The van der Waals surface area contributed by atoms with Gasteiger partial charge >= 0.3 is 0 Å². The van der Waals surface area contributed by atoms with E-state index in [-0.39, 0.29) is 17.6 Å². The van der Waals surface area contributed by atoms with Gasteiger partial charge in [0.1, 0.15) is 11.6 Å². The minimum atomic E-state index is -0.370. The molecule has 4 aromatic rings. The summed E-state index contributed by atoms with van der Waals surface area (Å²) in [6.45, 7) is 4.27. The molecule has 2 fully saturated rings. The molecule has 2 amide bonds. The number of hydrogen-bond acceptors (Lipinski definition) is 7. The molecule has 10 nitrogen and oxygen atoms in total. The molecule has 2 saturated heterocycles. The van der Waals surface area contributed by atoms with Gasteiger partial charge in [0.25, 0.3) is 5.91 Å². The van der Waals surface area contributed by atoms with Crippen molar-refractivity contribution >= 4 is 45.7 Å². The second kappa shape index (κ2) is 11.3. The van der Waals surface area contributed by atoms with Gasteiger partial charge in [-0.15, -0.1) is 0 Å². The van der Waals surface area contributed by atoms with Crippen LogP contribution in [-0.4, -0.2) is 82.6 Å². The molecule has 0 atom stereocenters. The van der Waals surface area contributed by atoms with Crippen LogP contribution in [0.1, 0.15) is 23.2 Å². The van der Waals surface area contributed by atoms with E-state index in [1.165, 1.54) is 24.3 Å². The number of amides is 2. The number of rotatable bonds is 7. The highest BCUT2D eigenvalue weighted by Gasteiger charge is 2.25. The van der Waals surface area contributed by atoms with Crippen LogP contribution in [-0.2, 0) is 4.79 Å². The van der Waals surface area contributed by atoms with Gasteiger partial charge in [-0.1, -0.05) is 0 Å². The summed E-state index contributed by atoms with van der Waals surface area (Å²) in [5.74, 6) is 0.723. The van der Waals surface area contributed by atoms with Crippen LogP contribution < -0.4 is 15.5 Å². The van der Waals surface area contributed by atoms with Gasteiger partial charge in [0.15, 0.2) is 5.82 Å². The quantitative estimate of drug-likeness (QED) is 0.326. The number of piperazine rings is 1. The van der Waals surface area contributed by atoms with E-state index in [4.69, 9.17) is 4.98 Å². The molecule has 3 N–H and O–H groups in total. The molecular weight excluding hydrogens is 511 g/mol. The number of nitrogens with zero attached hydrogens (tertiary/aromatic N) is 5. The van der Waals surface area contributed by atoms with Crippen LogP contribution in [0.5, 0.6) is 0 Å². The SMILES string of the molecule is O=C(CN1CCCC1)Nc1ccc(Nc2ccc3[nH]ncc3c2)nc1N1CCN(C(=O)c2ccc(F)cc2)CC1. The van der Waals surface area contributed by atoms with Gasteiger partial charge in [-0.05, 0) is 80.5 Å². The van der Waals surface area contributed by atoms with E-state index in [1.54, 1.807) is 11.1 Å². The lowest BCUT2D eigenvalue weighted by Gasteiger charge is -2.36. The molecule has 0 aliphatic carbocycles. The third-order valence-electron chi connectivity index (χ3n) is 7.39. The van der Waals surface area contributed by atoms with Crippen molar-refractivity contribution in [1.82, 2.24) is 25.0 Å². The fraction of sp³-hybridized carbons (Fsp3) is 0.310. The Morgan fingerprint density at radius 1 is 0.925 bits per heavy atom.